The third kappa shape index (κ3) is 2.81. The van der Waals surface area contributed by atoms with E-state index in [-0.39, 0.29) is 0 Å². The summed E-state index contributed by atoms with van der Waals surface area (Å²) in [6.45, 7) is 2.21. The van der Waals surface area contributed by atoms with Gasteiger partial charge in [-0.15, -0.1) is 11.3 Å². The van der Waals surface area contributed by atoms with Gasteiger partial charge in [-0.2, -0.15) is 0 Å². The predicted octanol–water partition coefficient (Wildman–Crippen LogP) is 5.43. The molecule has 0 fully saturated rings. The van der Waals surface area contributed by atoms with Gasteiger partial charge in [-0.1, -0.05) is 67.9 Å². The third-order valence-electron chi connectivity index (χ3n) is 3.31. The number of aryl methyl sites for hydroxylation is 1. The highest BCUT2D eigenvalue weighted by atomic mass is 32.1. The summed E-state index contributed by atoms with van der Waals surface area (Å²) in [4.78, 5) is 4.74. The maximum atomic E-state index is 4.74. The fraction of sp³-hybridized carbons (Fsp3) is 0.167. The van der Waals surface area contributed by atoms with E-state index in [2.05, 4.69) is 60.8 Å². The van der Waals surface area contributed by atoms with Gasteiger partial charge in [0.15, 0.2) is 0 Å². The lowest BCUT2D eigenvalue weighted by Crippen LogP contribution is -1.84. The van der Waals surface area contributed by atoms with Crippen LogP contribution in [0.1, 0.15) is 18.9 Å². The number of hydrogen-bond acceptors (Lipinski definition) is 2. The highest BCUT2D eigenvalue weighted by Crippen LogP contribution is 2.28. The van der Waals surface area contributed by atoms with Gasteiger partial charge in [0.05, 0.1) is 5.69 Å². The molecule has 1 heterocycles. The molecule has 20 heavy (non-hydrogen) atoms. The Morgan fingerprint density at radius 3 is 2.35 bits per heavy atom. The van der Waals surface area contributed by atoms with Crippen LogP contribution in [0, 0.1) is 0 Å². The number of thiazole rings is 1. The van der Waals surface area contributed by atoms with Crippen LogP contribution in [0.2, 0.25) is 0 Å². The van der Waals surface area contributed by atoms with Gasteiger partial charge >= 0.3 is 0 Å². The predicted molar refractivity (Wildman–Crippen MR) is 87.0 cm³/mol. The molecule has 1 nitrogen and oxygen atoms in total. The summed E-state index contributed by atoms with van der Waals surface area (Å²) in [6, 6.07) is 19.1. The monoisotopic (exact) mass is 279 g/mol. The van der Waals surface area contributed by atoms with Crippen molar-refractivity contribution in [1.29, 1.82) is 0 Å². The van der Waals surface area contributed by atoms with Crippen LogP contribution in [0.4, 0.5) is 0 Å². The second-order valence-electron chi connectivity index (χ2n) is 4.85. The number of rotatable bonds is 4. The molecule has 2 aromatic carbocycles. The molecule has 0 amide bonds. The van der Waals surface area contributed by atoms with Crippen molar-refractivity contribution < 1.29 is 0 Å². The molecule has 0 N–H and O–H groups in total. The maximum absolute atomic E-state index is 4.74. The van der Waals surface area contributed by atoms with Crippen LogP contribution in [0.5, 0.6) is 0 Å². The number of benzene rings is 2. The van der Waals surface area contributed by atoms with Crippen LogP contribution in [0.15, 0.2) is 60.0 Å². The lowest BCUT2D eigenvalue weighted by molar-refractivity contribution is 0.922. The van der Waals surface area contributed by atoms with Gasteiger partial charge in [0.1, 0.15) is 5.01 Å². The molecule has 0 unspecified atom stereocenters. The standard InChI is InChI=1S/C18H17NS/c1-2-6-14-9-11-15(12-10-14)17-13-20-18(19-17)16-7-4-3-5-8-16/h3-5,7-13H,2,6H2,1H3. The second-order valence-corrected chi connectivity index (χ2v) is 5.71. The van der Waals surface area contributed by atoms with Gasteiger partial charge in [0.2, 0.25) is 0 Å². The minimum atomic E-state index is 1.07. The quantitative estimate of drug-likeness (QED) is 0.620. The van der Waals surface area contributed by atoms with Crippen LogP contribution < -0.4 is 0 Å². The number of hydrogen-bond donors (Lipinski definition) is 0. The van der Waals surface area contributed by atoms with Crippen LogP contribution in [0.3, 0.4) is 0 Å². The molecule has 0 saturated heterocycles. The number of aromatic nitrogens is 1. The molecule has 0 aliphatic rings. The maximum Gasteiger partial charge on any atom is 0.124 e. The van der Waals surface area contributed by atoms with Crippen molar-refractivity contribution >= 4 is 11.3 Å². The van der Waals surface area contributed by atoms with E-state index in [1.165, 1.54) is 23.1 Å². The van der Waals surface area contributed by atoms with Crippen molar-refractivity contribution in [2.75, 3.05) is 0 Å². The molecule has 0 aliphatic heterocycles. The Morgan fingerprint density at radius 1 is 0.900 bits per heavy atom. The lowest BCUT2D eigenvalue weighted by Gasteiger charge is -2.00. The molecular weight excluding hydrogens is 262 g/mol. The van der Waals surface area contributed by atoms with Gasteiger partial charge in [-0.25, -0.2) is 4.98 Å². The average molecular weight is 279 g/mol. The first-order chi connectivity index (χ1) is 9.86. The molecule has 3 rings (SSSR count). The van der Waals surface area contributed by atoms with Crippen molar-refractivity contribution in [3.63, 3.8) is 0 Å². The number of nitrogens with zero attached hydrogens (tertiary/aromatic N) is 1. The first kappa shape index (κ1) is 13.1. The molecule has 0 radical (unpaired) electrons. The van der Waals surface area contributed by atoms with Gasteiger partial charge in [-0.3, -0.25) is 0 Å². The van der Waals surface area contributed by atoms with Crippen LogP contribution >= 0.6 is 11.3 Å². The minimum absolute atomic E-state index is 1.07. The summed E-state index contributed by atoms with van der Waals surface area (Å²) >= 11 is 1.70. The van der Waals surface area contributed by atoms with Crippen LogP contribution in [-0.4, -0.2) is 4.98 Å². The second kappa shape index (κ2) is 6.02. The summed E-state index contributed by atoms with van der Waals surface area (Å²) < 4.78 is 0. The molecule has 3 aromatic rings. The molecule has 100 valence electrons. The smallest absolute Gasteiger partial charge is 0.124 e. The minimum Gasteiger partial charge on any atom is -0.236 e. The summed E-state index contributed by atoms with van der Waals surface area (Å²) in [5.74, 6) is 0. The highest BCUT2D eigenvalue weighted by molar-refractivity contribution is 7.13. The normalized spacial score (nSPS) is 10.7. The summed E-state index contributed by atoms with van der Waals surface area (Å²) in [7, 11) is 0. The zero-order valence-corrected chi connectivity index (χ0v) is 12.4. The van der Waals surface area contributed by atoms with Crippen molar-refractivity contribution in [2.45, 2.75) is 19.8 Å². The zero-order chi connectivity index (χ0) is 13.8. The van der Waals surface area contributed by atoms with E-state index in [1.807, 2.05) is 6.07 Å². The molecular formula is C18H17NS. The molecule has 2 heteroatoms. The Hall–Kier alpha value is -1.93. The van der Waals surface area contributed by atoms with Gasteiger partial charge in [0.25, 0.3) is 0 Å². The molecule has 0 atom stereocenters. The first-order valence-corrected chi connectivity index (χ1v) is 7.85. The molecule has 0 bridgehead atoms. The molecule has 0 spiro atoms. The first-order valence-electron chi connectivity index (χ1n) is 6.97. The summed E-state index contributed by atoms with van der Waals surface area (Å²) in [6.07, 6.45) is 2.33. The highest BCUT2D eigenvalue weighted by Gasteiger charge is 2.06. The Bertz CT molecular complexity index is 668. The lowest BCUT2D eigenvalue weighted by atomic mass is 10.1. The average Bonchev–Trinajstić information content (AvgIpc) is 2.99. The fourth-order valence-electron chi connectivity index (χ4n) is 2.25. The zero-order valence-electron chi connectivity index (χ0n) is 11.5. The third-order valence-corrected chi connectivity index (χ3v) is 4.20. The van der Waals surface area contributed by atoms with E-state index in [1.54, 1.807) is 11.3 Å². The van der Waals surface area contributed by atoms with Crippen molar-refractivity contribution in [3.05, 3.63) is 65.5 Å². The van der Waals surface area contributed by atoms with Gasteiger partial charge in [0, 0.05) is 16.5 Å². The SMILES string of the molecule is CCCc1ccc(-c2csc(-c3ccccc3)n2)cc1. The van der Waals surface area contributed by atoms with E-state index in [0.29, 0.717) is 0 Å². The largest absolute Gasteiger partial charge is 0.236 e. The van der Waals surface area contributed by atoms with E-state index >= 15 is 0 Å². The molecule has 0 saturated carbocycles. The molecule has 0 aliphatic carbocycles. The van der Waals surface area contributed by atoms with Gasteiger partial charge in [-0.05, 0) is 12.0 Å². The Balaban J connectivity index is 1.86. The summed E-state index contributed by atoms with van der Waals surface area (Å²) in [5.41, 5.74) is 4.85. The Morgan fingerprint density at radius 2 is 1.65 bits per heavy atom. The van der Waals surface area contributed by atoms with Crippen molar-refractivity contribution in [3.8, 4) is 21.8 Å². The van der Waals surface area contributed by atoms with E-state index in [4.69, 9.17) is 4.98 Å². The van der Waals surface area contributed by atoms with E-state index < -0.39 is 0 Å². The van der Waals surface area contributed by atoms with Gasteiger partial charge < -0.3 is 0 Å². The van der Waals surface area contributed by atoms with Crippen molar-refractivity contribution in [2.24, 2.45) is 0 Å². The summed E-state index contributed by atoms with van der Waals surface area (Å²) in [5, 5.41) is 3.22. The Kier molecular flexibility index (Phi) is 3.93. The fourth-order valence-corrected chi connectivity index (χ4v) is 3.09. The topological polar surface area (TPSA) is 12.9 Å². The van der Waals surface area contributed by atoms with E-state index in [0.717, 1.165) is 17.1 Å². The Labute approximate surface area is 124 Å². The molecule has 1 aromatic heterocycles. The van der Waals surface area contributed by atoms with Crippen LogP contribution in [0.25, 0.3) is 21.8 Å². The van der Waals surface area contributed by atoms with E-state index in [9.17, 15) is 0 Å². The van der Waals surface area contributed by atoms with Crippen molar-refractivity contribution in [1.82, 2.24) is 4.98 Å². The van der Waals surface area contributed by atoms with Crippen LogP contribution in [-0.2, 0) is 6.42 Å².